The van der Waals surface area contributed by atoms with Gasteiger partial charge in [-0.2, -0.15) is 9.40 Å². The molecule has 1 fully saturated rings. The highest BCUT2D eigenvalue weighted by Gasteiger charge is 2.26. The quantitative estimate of drug-likeness (QED) is 0.784. The van der Waals surface area contributed by atoms with E-state index in [4.69, 9.17) is 0 Å². The van der Waals surface area contributed by atoms with Crippen LogP contribution in [0.5, 0.6) is 0 Å². The Balaban J connectivity index is 2.03. The molecule has 1 aromatic heterocycles. The molecule has 0 unspecified atom stereocenters. The third kappa shape index (κ3) is 3.82. The Kier molecular flexibility index (Phi) is 5.00. The maximum atomic E-state index is 12.0. The van der Waals surface area contributed by atoms with Crippen molar-refractivity contribution in [2.45, 2.75) is 13.3 Å². The fourth-order valence-corrected chi connectivity index (χ4v) is 3.82. The summed E-state index contributed by atoms with van der Waals surface area (Å²) in [5, 5.41) is 8.16. The van der Waals surface area contributed by atoms with Crippen LogP contribution < -0.4 is 9.80 Å². The van der Waals surface area contributed by atoms with E-state index < -0.39 is 10.0 Å². The molecule has 0 amide bonds. The van der Waals surface area contributed by atoms with Gasteiger partial charge >= 0.3 is 0 Å². The van der Waals surface area contributed by atoms with Crippen LogP contribution >= 0.6 is 0 Å². The molecule has 8 heteroatoms. The molecule has 1 aliphatic heterocycles. The molecule has 0 aliphatic carbocycles. The summed E-state index contributed by atoms with van der Waals surface area (Å²) in [6.07, 6.45) is 2.37. The fraction of sp³-hybridized carbons (Fsp3) is 0.692. The van der Waals surface area contributed by atoms with Crippen LogP contribution in [-0.4, -0.2) is 68.9 Å². The Morgan fingerprint density at radius 1 is 1.24 bits per heavy atom. The summed E-state index contributed by atoms with van der Waals surface area (Å²) in [5.74, 6) is 1.02. The van der Waals surface area contributed by atoms with Crippen LogP contribution in [0.2, 0.25) is 0 Å². The summed E-state index contributed by atoms with van der Waals surface area (Å²) in [5.41, 5.74) is 0.987. The normalized spacial score (nSPS) is 17.0. The lowest BCUT2D eigenvalue weighted by Crippen LogP contribution is -2.49. The second-order valence-electron chi connectivity index (χ2n) is 5.37. The summed E-state index contributed by atoms with van der Waals surface area (Å²) in [7, 11) is 0.811. The average molecular weight is 313 g/mol. The monoisotopic (exact) mass is 313 g/mol. The molecule has 0 atom stereocenters. The van der Waals surface area contributed by atoms with Crippen molar-refractivity contribution in [2.24, 2.45) is 0 Å². The zero-order chi connectivity index (χ0) is 15.5. The molecule has 1 aromatic rings. The SMILES string of the molecule is CCCS(=O)(=O)N1CCN(c2cc(N(C)C)cnn2)CC1. The van der Waals surface area contributed by atoms with Gasteiger partial charge in [0.05, 0.1) is 17.6 Å². The van der Waals surface area contributed by atoms with Crippen LogP contribution in [0.25, 0.3) is 0 Å². The zero-order valence-electron chi connectivity index (χ0n) is 12.9. The molecular weight excluding hydrogens is 290 g/mol. The predicted molar refractivity (Wildman–Crippen MR) is 84.2 cm³/mol. The topological polar surface area (TPSA) is 69.6 Å². The van der Waals surface area contributed by atoms with Gasteiger partial charge < -0.3 is 9.80 Å². The highest BCUT2D eigenvalue weighted by atomic mass is 32.2. The molecule has 21 heavy (non-hydrogen) atoms. The number of hydrogen-bond donors (Lipinski definition) is 0. The van der Waals surface area contributed by atoms with E-state index in [1.54, 1.807) is 10.5 Å². The van der Waals surface area contributed by atoms with Crippen LogP contribution in [-0.2, 0) is 10.0 Å². The molecule has 0 spiro atoms. The van der Waals surface area contributed by atoms with E-state index in [9.17, 15) is 8.42 Å². The van der Waals surface area contributed by atoms with E-state index in [1.165, 1.54) is 0 Å². The van der Waals surface area contributed by atoms with Crippen LogP contribution in [0.15, 0.2) is 12.3 Å². The van der Waals surface area contributed by atoms with Crippen molar-refractivity contribution in [1.82, 2.24) is 14.5 Å². The third-order valence-corrected chi connectivity index (χ3v) is 5.64. The van der Waals surface area contributed by atoms with E-state index in [0.717, 1.165) is 11.5 Å². The standard InChI is InChI=1S/C13H23N5O2S/c1-4-9-21(19,20)18-7-5-17(6-8-18)13-10-12(16(2)3)11-14-15-13/h10-11H,4-9H2,1-3H3. The van der Waals surface area contributed by atoms with Gasteiger partial charge in [-0.25, -0.2) is 8.42 Å². The number of sulfonamides is 1. The lowest BCUT2D eigenvalue weighted by atomic mass is 10.3. The molecule has 1 saturated heterocycles. The molecule has 0 N–H and O–H groups in total. The lowest BCUT2D eigenvalue weighted by molar-refractivity contribution is 0.383. The van der Waals surface area contributed by atoms with Crippen molar-refractivity contribution in [2.75, 3.05) is 55.8 Å². The van der Waals surface area contributed by atoms with Gasteiger partial charge in [-0.05, 0) is 6.42 Å². The zero-order valence-corrected chi connectivity index (χ0v) is 13.7. The van der Waals surface area contributed by atoms with Crippen molar-refractivity contribution >= 4 is 21.5 Å². The maximum absolute atomic E-state index is 12.0. The maximum Gasteiger partial charge on any atom is 0.214 e. The number of piperazine rings is 1. The van der Waals surface area contributed by atoms with E-state index in [0.29, 0.717) is 32.6 Å². The minimum Gasteiger partial charge on any atom is -0.376 e. The number of hydrogen-bond acceptors (Lipinski definition) is 6. The summed E-state index contributed by atoms with van der Waals surface area (Å²) in [4.78, 5) is 4.05. The highest BCUT2D eigenvalue weighted by Crippen LogP contribution is 2.19. The molecule has 0 bridgehead atoms. The van der Waals surface area contributed by atoms with Crippen LogP contribution in [0, 0.1) is 0 Å². The molecule has 0 saturated carbocycles. The molecule has 1 aliphatic rings. The Morgan fingerprint density at radius 3 is 2.48 bits per heavy atom. The number of rotatable bonds is 5. The van der Waals surface area contributed by atoms with Crippen molar-refractivity contribution in [3.63, 3.8) is 0 Å². The Morgan fingerprint density at radius 2 is 1.90 bits per heavy atom. The van der Waals surface area contributed by atoms with Gasteiger partial charge in [-0.3, -0.25) is 0 Å². The molecule has 0 aromatic carbocycles. The van der Waals surface area contributed by atoms with Crippen molar-refractivity contribution < 1.29 is 8.42 Å². The first-order valence-corrected chi connectivity index (χ1v) is 8.78. The van der Waals surface area contributed by atoms with E-state index in [-0.39, 0.29) is 5.75 Å². The molecule has 0 radical (unpaired) electrons. The number of aromatic nitrogens is 2. The first-order chi connectivity index (χ1) is 9.94. The van der Waals surface area contributed by atoms with E-state index >= 15 is 0 Å². The Labute approximate surface area is 126 Å². The Bertz CT molecular complexity index is 568. The van der Waals surface area contributed by atoms with Crippen LogP contribution in [0.1, 0.15) is 13.3 Å². The predicted octanol–water partition coefficient (Wildman–Crippen LogP) is 0.404. The second-order valence-corrected chi connectivity index (χ2v) is 7.46. The summed E-state index contributed by atoms with van der Waals surface area (Å²) in [6.45, 7) is 4.20. The summed E-state index contributed by atoms with van der Waals surface area (Å²) < 4.78 is 25.7. The first-order valence-electron chi connectivity index (χ1n) is 7.17. The molecular formula is C13H23N5O2S. The molecule has 2 heterocycles. The minimum absolute atomic E-state index is 0.225. The first kappa shape index (κ1) is 16.0. The van der Waals surface area contributed by atoms with E-state index in [2.05, 4.69) is 15.1 Å². The molecule has 118 valence electrons. The van der Waals surface area contributed by atoms with Gasteiger partial charge in [0.1, 0.15) is 0 Å². The fourth-order valence-electron chi connectivity index (χ4n) is 2.33. The summed E-state index contributed by atoms with van der Waals surface area (Å²) >= 11 is 0. The third-order valence-electron chi connectivity index (χ3n) is 3.56. The Hall–Kier alpha value is -1.41. The minimum atomic E-state index is -3.10. The largest absolute Gasteiger partial charge is 0.376 e. The highest BCUT2D eigenvalue weighted by molar-refractivity contribution is 7.89. The van der Waals surface area contributed by atoms with Gasteiger partial charge in [0.25, 0.3) is 0 Å². The lowest BCUT2D eigenvalue weighted by Gasteiger charge is -2.34. The molecule has 2 rings (SSSR count). The average Bonchev–Trinajstić information content (AvgIpc) is 2.47. The van der Waals surface area contributed by atoms with Crippen LogP contribution in [0.3, 0.4) is 0 Å². The summed E-state index contributed by atoms with van der Waals surface area (Å²) in [6, 6.07) is 1.98. The number of nitrogens with zero attached hydrogens (tertiary/aromatic N) is 5. The van der Waals surface area contributed by atoms with Gasteiger partial charge in [0, 0.05) is 46.3 Å². The van der Waals surface area contributed by atoms with Crippen molar-refractivity contribution in [1.29, 1.82) is 0 Å². The smallest absolute Gasteiger partial charge is 0.214 e. The molecule has 7 nitrogen and oxygen atoms in total. The van der Waals surface area contributed by atoms with Gasteiger partial charge in [-0.15, -0.1) is 5.10 Å². The second kappa shape index (κ2) is 6.57. The van der Waals surface area contributed by atoms with Crippen molar-refractivity contribution in [3.8, 4) is 0 Å². The van der Waals surface area contributed by atoms with Gasteiger partial charge in [0.2, 0.25) is 10.0 Å². The van der Waals surface area contributed by atoms with Gasteiger partial charge in [0.15, 0.2) is 5.82 Å². The van der Waals surface area contributed by atoms with Crippen molar-refractivity contribution in [3.05, 3.63) is 12.3 Å². The number of anilines is 2. The van der Waals surface area contributed by atoms with E-state index in [1.807, 2.05) is 32.0 Å². The van der Waals surface area contributed by atoms with Crippen LogP contribution in [0.4, 0.5) is 11.5 Å². The van der Waals surface area contributed by atoms with Gasteiger partial charge in [-0.1, -0.05) is 6.92 Å².